The molecule has 1 heterocycles. The van der Waals surface area contributed by atoms with Crippen molar-refractivity contribution in [1.29, 1.82) is 0 Å². The van der Waals surface area contributed by atoms with E-state index >= 15 is 0 Å². The van der Waals surface area contributed by atoms with Crippen LogP contribution in [0.2, 0.25) is 0 Å². The van der Waals surface area contributed by atoms with Crippen molar-refractivity contribution in [2.75, 3.05) is 6.54 Å². The SMILES string of the molecule is CC[C@H](C)[C@H](NC(=O)[C@H](CC(C)C)NC(=O)[C@@H]1CCCN1)C(=O)O. The van der Waals surface area contributed by atoms with E-state index in [1.54, 1.807) is 6.92 Å². The Morgan fingerprint density at radius 1 is 1.21 bits per heavy atom. The molecular weight excluding hydrogens is 310 g/mol. The molecule has 1 saturated heterocycles. The fourth-order valence-electron chi connectivity index (χ4n) is 2.82. The summed E-state index contributed by atoms with van der Waals surface area (Å²) in [4.78, 5) is 36.2. The average molecular weight is 341 g/mol. The van der Waals surface area contributed by atoms with Gasteiger partial charge in [0.15, 0.2) is 0 Å². The summed E-state index contributed by atoms with van der Waals surface area (Å²) in [5.41, 5.74) is 0. The van der Waals surface area contributed by atoms with Crippen molar-refractivity contribution in [3.63, 3.8) is 0 Å². The molecule has 0 aliphatic carbocycles. The van der Waals surface area contributed by atoms with E-state index in [-0.39, 0.29) is 23.8 Å². The first kappa shape index (κ1) is 20.4. The minimum atomic E-state index is -1.05. The highest BCUT2D eigenvalue weighted by Gasteiger charge is 2.31. The molecule has 1 fully saturated rings. The summed E-state index contributed by atoms with van der Waals surface area (Å²) in [5.74, 6) is -1.65. The molecule has 1 aliphatic heterocycles. The van der Waals surface area contributed by atoms with Gasteiger partial charge >= 0.3 is 5.97 Å². The second-order valence-corrected chi connectivity index (χ2v) is 7.05. The molecule has 0 aromatic rings. The van der Waals surface area contributed by atoms with Crippen LogP contribution in [0.4, 0.5) is 0 Å². The Hall–Kier alpha value is -1.63. The third-order valence-corrected chi connectivity index (χ3v) is 4.49. The standard InChI is InChI=1S/C17H31N3O4/c1-5-11(4)14(17(23)24)20-16(22)13(9-10(2)3)19-15(21)12-7-6-8-18-12/h10-14,18H,5-9H2,1-4H3,(H,19,21)(H,20,22)(H,23,24)/t11-,12-,13-,14-/m0/s1. The van der Waals surface area contributed by atoms with Gasteiger partial charge < -0.3 is 21.1 Å². The van der Waals surface area contributed by atoms with Gasteiger partial charge in [-0.2, -0.15) is 0 Å². The molecule has 138 valence electrons. The van der Waals surface area contributed by atoms with E-state index in [1.807, 2.05) is 20.8 Å². The van der Waals surface area contributed by atoms with Gasteiger partial charge in [-0.15, -0.1) is 0 Å². The van der Waals surface area contributed by atoms with Crippen molar-refractivity contribution < 1.29 is 19.5 Å². The Labute approximate surface area is 144 Å². The molecule has 24 heavy (non-hydrogen) atoms. The highest BCUT2D eigenvalue weighted by atomic mass is 16.4. The molecule has 2 amide bonds. The minimum Gasteiger partial charge on any atom is -0.480 e. The van der Waals surface area contributed by atoms with Crippen LogP contribution in [0.15, 0.2) is 0 Å². The van der Waals surface area contributed by atoms with E-state index in [4.69, 9.17) is 0 Å². The van der Waals surface area contributed by atoms with Crippen LogP contribution in [-0.4, -0.2) is 47.6 Å². The number of hydrogen-bond donors (Lipinski definition) is 4. The zero-order valence-electron chi connectivity index (χ0n) is 15.1. The highest BCUT2D eigenvalue weighted by Crippen LogP contribution is 2.12. The van der Waals surface area contributed by atoms with Crippen LogP contribution in [0.25, 0.3) is 0 Å². The van der Waals surface area contributed by atoms with Gasteiger partial charge in [0, 0.05) is 0 Å². The third kappa shape index (κ3) is 6.11. The monoisotopic (exact) mass is 341 g/mol. The lowest BCUT2D eigenvalue weighted by molar-refractivity contribution is -0.143. The zero-order chi connectivity index (χ0) is 18.3. The number of aliphatic carboxylic acids is 1. The second-order valence-electron chi connectivity index (χ2n) is 7.05. The van der Waals surface area contributed by atoms with Crippen LogP contribution in [0, 0.1) is 11.8 Å². The van der Waals surface area contributed by atoms with E-state index < -0.39 is 24.0 Å². The average Bonchev–Trinajstić information content (AvgIpc) is 3.04. The van der Waals surface area contributed by atoms with Crippen molar-refractivity contribution in [3.8, 4) is 0 Å². The van der Waals surface area contributed by atoms with Gasteiger partial charge in [-0.1, -0.05) is 34.1 Å². The van der Waals surface area contributed by atoms with Gasteiger partial charge in [-0.3, -0.25) is 9.59 Å². The first-order valence-electron chi connectivity index (χ1n) is 8.83. The number of rotatable bonds is 9. The van der Waals surface area contributed by atoms with Crippen LogP contribution < -0.4 is 16.0 Å². The van der Waals surface area contributed by atoms with E-state index in [2.05, 4.69) is 16.0 Å². The Morgan fingerprint density at radius 2 is 1.88 bits per heavy atom. The fraction of sp³-hybridized carbons (Fsp3) is 0.824. The summed E-state index contributed by atoms with van der Waals surface area (Å²) >= 11 is 0. The number of hydrogen-bond acceptors (Lipinski definition) is 4. The Morgan fingerprint density at radius 3 is 2.33 bits per heavy atom. The number of amides is 2. The molecule has 0 radical (unpaired) electrons. The fourth-order valence-corrected chi connectivity index (χ4v) is 2.82. The maximum absolute atomic E-state index is 12.6. The zero-order valence-corrected chi connectivity index (χ0v) is 15.1. The molecule has 0 bridgehead atoms. The molecule has 0 saturated carbocycles. The molecule has 1 rings (SSSR count). The molecule has 4 N–H and O–H groups in total. The first-order valence-corrected chi connectivity index (χ1v) is 8.83. The molecule has 0 aromatic carbocycles. The van der Waals surface area contributed by atoms with Gasteiger partial charge in [0.25, 0.3) is 0 Å². The van der Waals surface area contributed by atoms with E-state index in [9.17, 15) is 19.5 Å². The molecule has 0 spiro atoms. The molecule has 7 nitrogen and oxygen atoms in total. The lowest BCUT2D eigenvalue weighted by Gasteiger charge is -2.26. The van der Waals surface area contributed by atoms with E-state index in [0.717, 1.165) is 19.4 Å². The highest BCUT2D eigenvalue weighted by molar-refractivity contribution is 5.92. The van der Waals surface area contributed by atoms with Crippen molar-refractivity contribution in [2.45, 2.75) is 71.5 Å². The lowest BCUT2D eigenvalue weighted by atomic mass is 9.97. The van der Waals surface area contributed by atoms with Crippen LogP contribution >= 0.6 is 0 Å². The van der Waals surface area contributed by atoms with Crippen molar-refractivity contribution in [3.05, 3.63) is 0 Å². The van der Waals surface area contributed by atoms with E-state index in [1.165, 1.54) is 0 Å². The van der Waals surface area contributed by atoms with Crippen molar-refractivity contribution >= 4 is 17.8 Å². The van der Waals surface area contributed by atoms with Crippen LogP contribution in [-0.2, 0) is 14.4 Å². The maximum Gasteiger partial charge on any atom is 0.326 e. The summed E-state index contributed by atoms with van der Waals surface area (Å²) in [7, 11) is 0. The molecule has 0 aromatic heterocycles. The summed E-state index contributed by atoms with van der Waals surface area (Å²) < 4.78 is 0. The summed E-state index contributed by atoms with van der Waals surface area (Å²) in [6, 6.07) is -1.93. The van der Waals surface area contributed by atoms with Gasteiger partial charge in [0.1, 0.15) is 12.1 Å². The normalized spacial score (nSPS) is 21.1. The number of carboxylic acid groups (broad SMARTS) is 1. The molecule has 1 aliphatic rings. The molecular formula is C17H31N3O4. The predicted molar refractivity (Wildman–Crippen MR) is 91.4 cm³/mol. The molecule has 0 unspecified atom stereocenters. The van der Waals surface area contributed by atoms with Gasteiger partial charge in [-0.25, -0.2) is 4.79 Å². The Kier molecular flexibility index (Phi) is 8.18. The van der Waals surface area contributed by atoms with Gasteiger partial charge in [0.05, 0.1) is 6.04 Å². The smallest absolute Gasteiger partial charge is 0.326 e. The predicted octanol–water partition coefficient (Wildman–Crippen LogP) is 0.885. The number of carbonyl (C=O) groups excluding carboxylic acids is 2. The van der Waals surface area contributed by atoms with Crippen molar-refractivity contribution in [1.82, 2.24) is 16.0 Å². The number of nitrogens with one attached hydrogen (secondary N) is 3. The minimum absolute atomic E-state index is 0.182. The Balaban J connectivity index is 2.75. The second kappa shape index (κ2) is 9.61. The van der Waals surface area contributed by atoms with Crippen LogP contribution in [0.5, 0.6) is 0 Å². The maximum atomic E-state index is 12.6. The van der Waals surface area contributed by atoms with Crippen LogP contribution in [0.3, 0.4) is 0 Å². The summed E-state index contributed by atoms with van der Waals surface area (Å²) in [5, 5.41) is 17.8. The van der Waals surface area contributed by atoms with Gasteiger partial charge in [0.2, 0.25) is 11.8 Å². The topological polar surface area (TPSA) is 108 Å². The largest absolute Gasteiger partial charge is 0.480 e. The summed E-state index contributed by atoms with van der Waals surface area (Å²) in [6.07, 6.45) is 2.81. The van der Waals surface area contributed by atoms with Gasteiger partial charge in [-0.05, 0) is 37.6 Å². The third-order valence-electron chi connectivity index (χ3n) is 4.49. The van der Waals surface area contributed by atoms with E-state index in [0.29, 0.717) is 12.8 Å². The quantitative estimate of drug-likeness (QED) is 0.498. The number of carboxylic acids is 1. The lowest BCUT2D eigenvalue weighted by Crippen LogP contribution is -2.55. The molecule has 7 heteroatoms. The van der Waals surface area contributed by atoms with Crippen LogP contribution in [0.1, 0.15) is 53.4 Å². The van der Waals surface area contributed by atoms with Crippen molar-refractivity contribution in [2.24, 2.45) is 11.8 Å². The summed E-state index contributed by atoms with van der Waals surface area (Å²) in [6.45, 7) is 8.39. The number of carbonyl (C=O) groups is 3. The first-order chi connectivity index (χ1) is 11.3. The Bertz CT molecular complexity index is 447. The molecule has 4 atom stereocenters.